The molecule has 8 nitrogen and oxygen atoms in total. The van der Waals surface area contributed by atoms with Gasteiger partial charge in [0.15, 0.2) is 0 Å². The number of hydrogen-bond donors (Lipinski definition) is 1. The molecular weight excluding hydrogens is 324 g/mol. The lowest BCUT2D eigenvalue weighted by Gasteiger charge is -2.40. The minimum Gasteiger partial charge on any atom is -0.469 e. The average Bonchev–Trinajstić information content (AvgIpc) is 2.61. The van der Waals surface area contributed by atoms with Crippen LogP contribution in [0.5, 0.6) is 0 Å². The van der Waals surface area contributed by atoms with Gasteiger partial charge in [-0.2, -0.15) is 0 Å². The highest BCUT2D eigenvalue weighted by Crippen LogP contribution is 2.09. The first-order valence-corrected chi connectivity index (χ1v) is 9.02. The van der Waals surface area contributed by atoms with E-state index in [-0.39, 0.29) is 11.9 Å². The third-order valence-corrected chi connectivity index (χ3v) is 4.72. The number of hydrogen-bond acceptors (Lipinski definition) is 8. The number of nitrogens with two attached hydrogens (primary N) is 1. The highest BCUT2D eigenvalue weighted by Gasteiger charge is 2.23. The van der Waals surface area contributed by atoms with E-state index in [0.717, 1.165) is 39.3 Å². The van der Waals surface area contributed by atoms with E-state index in [1.54, 1.807) is 0 Å². The molecule has 1 aliphatic heterocycles. The number of rotatable bonds is 11. The van der Waals surface area contributed by atoms with Crippen molar-refractivity contribution >= 4 is 11.9 Å². The number of esters is 2. The van der Waals surface area contributed by atoms with Gasteiger partial charge in [0.1, 0.15) is 0 Å². The van der Waals surface area contributed by atoms with Crippen LogP contribution in [0.1, 0.15) is 19.8 Å². The van der Waals surface area contributed by atoms with Gasteiger partial charge in [-0.1, -0.05) is 0 Å². The van der Waals surface area contributed by atoms with Crippen LogP contribution in [0.15, 0.2) is 0 Å². The van der Waals surface area contributed by atoms with Crippen molar-refractivity contribution in [2.45, 2.75) is 25.8 Å². The Balaban J connectivity index is 2.44. The van der Waals surface area contributed by atoms with Gasteiger partial charge >= 0.3 is 11.9 Å². The first-order valence-electron chi connectivity index (χ1n) is 9.02. The molecule has 1 fully saturated rings. The van der Waals surface area contributed by atoms with Crippen molar-refractivity contribution < 1.29 is 19.1 Å². The SMILES string of the molecule is COC(=O)CCN(CCC(=O)OC)CCN1CCN(CCN)C[C@@H]1C. The lowest BCUT2D eigenvalue weighted by Crippen LogP contribution is -2.54. The second kappa shape index (κ2) is 12.2. The van der Waals surface area contributed by atoms with Crippen LogP contribution in [0.4, 0.5) is 0 Å². The summed E-state index contributed by atoms with van der Waals surface area (Å²) in [6, 6.07) is 0.475. The molecule has 0 aliphatic carbocycles. The van der Waals surface area contributed by atoms with Crippen LogP contribution in [0.2, 0.25) is 0 Å². The summed E-state index contributed by atoms with van der Waals surface area (Å²) in [5.41, 5.74) is 5.64. The topological polar surface area (TPSA) is 88.3 Å². The third-order valence-electron chi connectivity index (χ3n) is 4.72. The molecule has 1 aliphatic rings. The number of ether oxygens (including phenoxy) is 2. The van der Waals surface area contributed by atoms with Crippen LogP contribution >= 0.6 is 0 Å². The summed E-state index contributed by atoms with van der Waals surface area (Å²) in [6.45, 7) is 9.86. The molecule has 0 amide bonds. The number of carbonyl (C=O) groups is 2. The molecule has 25 heavy (non-hydrogen) atoms. The number of nitrogens with zero attached hydrogens (tertiary/aromatic N) is 3. The molecule has 2 N–H and O–H groups in total. The predicted octanol–water partition coefficient (Wildman–Crippen LogP) is -0.621. The molecule has 0 unspecified atom stereocenters. The largest absolute Gasteiger partial charge is 0.469 e. The van der Waals surface area contributed by atoms with E-state index in [9.17, 15) is 9.59 Å². The lowest BCUT2D eigenvalue weighted by molar-refractivity contribution is -0.141. The Labute approximate surface area is 151 Å². The van der Waals surface area contributed by atoms with Crippen molar-refractivity contribution in [2.24, 2.45) is 5.73 Å². The van der Waals surface area contributed by atoms with Crippen molar-refractivity contribution in [1.82, 2.24) is 14.7 Å². The molecule has 0 aromatic carbocycles. The Bertz CT molecular complexity index is 388. The van der Waals surface area contributed by atoms with Crippen molar-refractivity contribution in [2.75, 3.05) is 73.1 Å². The molecular formula is C17H34N4O4. The van der Waals surface area contributed by atoms with Gasteiger partial charge in [-0.25, -0.2) is 0 Å². The Hall–Kier alpha value is -1.22. The maximum Gasteiger partial charge on any atom is 0.306 e. The Kier molecular flexibility index (Phi) is 10.6. The van der Waals surface area contributed by atoms with Gasteiger partial charge in [-0.3, -0.25) is 19.4 Å². The molecule has 146 valence electrons. The first-order chi connectivity index (χ1) is 12.0. The van der Waals surface area contributed by atoms with E-state index in [0.29, 0.717) is 38.5 Å². The fourth-order valence-corrected chi connectivity index (χ4v) is 3.10. The third kappa shape index (κ3) is 8.62. The normalized spacial score (nSPS) is 19.2. The van der Waals surface area contributed by atoms with Gasteiger partial charge < -0.3 is 20.1 Å². The monoisotopic (exact) mass is 358 g/mol. The maximum absolute atomic E-state index is 11.4. The van der Waals surface area contributed by atoms with Crippen LogP contribution in [0, 0.1) is 0 Å². The molecule has 0 aromatic heterocycles. The smallest absolute Gasteiger partial charge is 0.306 e. The van der Waals surface area contributed by atoms with Crippen LogP contribution in [-0.2, 0) is 19.1 Å². The molecule has 0 aromatic rings. The van der Waals surface area contributed by atoms with Gasteiger partial charge in [-0.05, 0) is 6.92 Å². The summed E-state index contributed by atoms with van der Waals surface area (Å²) in [4.78, 5) is 29.8. The molecule has 1 saturated heterocycles. The fraction of sp³-hybridized carbons (Fsp3) is 0.882. The number of carbonyl (C=O) groups excluding carboxylic acids is 2. The zero-order valence-electron chi connectivity index (χ0n) is 15.9. The Morgan fingerprint density at radius 2 is 1.64 bits per heavy atom. The summed E-state index contributed by atoms with van der Waals surface area (Å²) < 4.78 is 9.42. The number of methoxy groups -OCH3 is 2. The summed E-state index contributed by atoms with van der Waals surface area (Å²) in [5, 5.41) is 0. The Morgan fingerprint density at radius 1 is 1.04 bits per heavy atom. The highest BCUT2D eigenvalue weighted by atomic mass is 16.5. The average molecular weight is 358 g/mol. The predicted molar refractivity (Wildman–Crippen MR) is 96.2 cm³/mol. The van der Waals surface area contributed by atoms with Crippen LogP contribution in [0.3, 0.4) is 0 Å². The van der Waals surface area contributed by atoms with Crippen LogP contribution in [-0.4, -0.2) is 106 Å². The van der Waals surface area contributed by atoms with Gasteiger partial charge in [0.25, 0.3) is 0 Å². The Morgan fingerprint density at radius 3 is 2.12 bits per heavy atom. The van der Waals surface area contributed by atoms with E-state index in [2.05, 4.69) is 21.6 Å². The summed E-state index contributed by atoms with van der Waals surface area (Å²) in [5.74, 6) is -0.460. The number of piperazine rings is 1. The van der Waals surface area contributed by atoms with Crippen LogP contribution < -0.4 is 5.73 Å². The molecule has 8 heteroatoms. The quantitative estimate of drug-likeness (QED) is 0.489. The van der Waals surface area contributed by atoms with Gasteiger partial charge in [0.2, 0.25) is 0 Å². The highest BCUT2D eigenvalue weighted by molar-refractivity contribution is 5.70. The summed E-state index contributed by atoms with van der Waals surface area (Å²) in [6.07, 6.45) is 0.662. The molecule has 0 bridgehead atoms. The maximum atomic E-state index is 11.4. The zero-order valence-corrected chi connectivity index (χ0v) is 15.9. The second-order valence-corrected chi connectivity index (χ2v) is 6.47. The zero-order chi connectivity index (χ0) is 18.7. The fourth-order valence-electron chi connectivity index (χ4n) is 3.10. The second-order valence-electron chi connectivity index (χ2n) is 6.47. The standard InChI is InChI=1S/C17H34N4O4/c1-15-14-20(9-6-18)11-13-21(15)12-10-19(7-4-16(22)24-2)8-5-17(23)25-3/h15H,4-14,18H2,1-3H3/t15-/m0/s1. The van der Waals surface area contributed by atoms with Gasteiger partial charge in [0.05, 0.1) is 27.1 Å². The molecule has 1 heterocycles. The van der Waals surface area contributed by atoms with E-state index >= 15 is 0 Å². The minimum absolute atomic E-state index is 0.230. The van der Waals surface area contributed by atoms with E-state index in [1.807, 2.05) is 0 Å². The molecule has 1 atom stereocenters. The van der Waals surface area contributed by atoms with E-state index in [4.69, 9.17) is 15.2 Å². The summed E-state index contributed by atoms with van der Waals surface area (Å²) in [7, 11) is 2.78. The molecule has 1 rings (SSSR count). The minimum atomic E-state index is -0.230. The molecule has 0 radical (unpaired) electrons. The van der Waals surface area contributed by atoms with E-state index in [1.165, 1.54) is 14.2 Å². The van der Waals surface area contributed by atoms with Crippen molar-refractivity contribution in [3.05, 3.63) is 0 Å². The van der Waals surface area contributed by atoms with Gasteiger partial charge in [0, 0.05) is 64.9 Å². The van der Waals surface area contributed by atoms with Crippen molar-refractivity contribution in [1.29, 1.82) is 0 Å². The first kappa shape index (κ1) is 21.8. The summed E-state index contributed by atoms with van der Waals surface area (Å²) >= 11 is 0. The van der Waals surface area contributed by atoms with E-state index < -0.39 is 0 Å². The van der Waals surface area contributed by atoms with Crippen LogP contribution in [0.25, 0.3) is 0 Å². The van der Waals surface area contributed by atoms with Crippen molar-refractivity contribution in [3.63, 3.8) is 0 Å². The van der Waals surface area contributed by atoms with Gasteiger partial charge in [-0.15, -0.1) is 0 Å². The molecule has 0 spiro atoms. The lowest BCUT2D eigenvalue weighted by atomic mass is 10.2. The molecule has 0 saturated carbocycles. The van der Waals surface area contributed by atoms with Crippen molar-refractivity contribution in [3.8, 4) is 0 Å².